The van der Waals surface area contributed by atoms with Gasteiger partial charge in [-0.2, -0.15) is 0 Å². The van der Waals surface area contributed by atoms with E-state index < -0.39 is 17.9 Å². The average Bonchev–Trinajstić information content (AvgIpc) is 3.39. The Balaban J connectivity index is 1.48. The van der Waals surface area contributed by atoms with Crippen LogP contribution in [-0.4, -0.2) is 29.9 Å². The van der Waals surface area contributed by atoms with Gasteiger partial charge in [0.2, 0.25) is 5.76 Å². The zero-order valence-corrected chi connectivity index (χ0v) is 23.1. The third-order valence-electron chi connectivity index (χ3n) is 5.04. The Morgan fingerprint density at radius 3 is 2.50 bits per heavy atom. The van der Waals surface area contributed by atoms with Crippen LogP contribution >= 0.6 is 55.1 Å². The van der Waals surface area contributed by atoms with Gasteiger partial charge in [0.05, 0.1) is 23.7 Å². The highest BCUT2D eigenvalue weighted by molar-refractivity contribution is 9.11. The first-order valence-electron chi connectivity index (χ1n) is 10.2. The molecule has 0 unspecified atom stereocenters. The highest BCUT2D eigenvalue weighted by Gasteiger charge is 2.34. The molecule has 1 saturated heterocycles. The summed E-state index contributed by atoms with van der Waals surface area (Å²) in [6.07, 6.45) is 1.45. The molecular weight excluding hydrogens is 643 g/mol. The van der Waals surface area contributed by atoms with E-state index in [-0.39, 0.29) is 46.2 Å². The summed E-state index contributed by atoms with van der Waals surface area (Å²) in [5.74, 6) is -0.745. The largest absolute Gasteiger partial charge is 0.486 e. The monoisotopic (exact) mass is 656 g/mol. The summed E-state index contributed by atoms with van der Waals surface area (Å²) < 4.78 is 17.5. The minimum Gasteiger partial charge on any atom is -0.486 e. The standard InChI is InChI=1S/C24H16Br2Cl2N2O6/c1-34-23(32)20-5-4-15(36-20)10-30-22(31)19(29-24(30)33)8-12-6-17(27)21(18(28)7-12)35-11-13-2-3-14(25)9-16(13)26/h2-9H,10-11H2,1H3,(H,29,33)/b19-8-. The minimum absolute atomic E-state index is 0.0272. The number of carbonyl (C=O) groups excluding carboxylic acids is 3. The van der Waals surface area contributed by atoms with E-state index in [0.29, 0.717) is 5.56 Å². The topological polar surface area (TPSA) is 98.1 Å². The summed E-state index contributed by atoms with van der Waals surface area (Å²) >= 11 is 19.7. The molecular formula is C24H16Br2Cl2N2O6. The molecule has 0 atom stereocenters. The van der Waals surface area contributed by atoms with Crippen LogP contribution in [0.1, 0.15) is 27.4 Å². The number of rotatable bonds is 7. The second kappa shape index (κ2) is 11.1. The number of ether oxygens (including phenoxy) is 2. The Kier molecular flexibility index (Phi) is 8.09. The third kappa shape index (κ3) is 5.78. The third-order valence-corrected chi connectivity index (χ3v) is 6.84. The molecule has 36 heavy (non-hydrogen) atoms. The number of esters is 1. The van der Waals surface area contributed by atoms with Crippen LogP contribution in [0, 0.1) is 0 Å². The van der Waals surface area contributed by atoms with Crippen molar-refractivity contribution in [2.75, 3.05) is 7.11 Å². The van der Waals surface area contributed by atoms with Gasteiger partial charge in [0.1, 0.15) is 18.1 Å². The number of furan rings is 1. The van der Waals surface area contributed by atoms with Crippen LogP contribution < -0.4 is 10.1 Å². The number of carbonyl (C=O) groups is 3. The molecule has 0 radical (unpaired) electrons. The second-order valence-electron chi connectivity index (χ2n) is 7.48. The van der Waals surface area contributed by atoms with E-state index in [1.807, 2.05) is 18.2 Å². The molecule has 8 nitrogen and oxygen atoms in total. The number of methoxy groups -OCH3 is 1. The molecule has 12 heteroatoms. The van der Waals surface area contributed by atoms with Crippen molar-refractivity contribution in [1.29, 1.82) is 0 Å². The van der Waals surface area contributed by atoms with Gasteiger partial charge in [-0.25, -0.2) is 9.59 Å². The summed E-state index contributed by atoms with van der Waals surface area (Å²) in [5, 5.41) is 2.99. The first kappa shape index (κ1) is 26.3. The highest BCUT2D eigenvalue weighted by atomic mass is 79.9. The van der Waals surface area contributed by atoms with Crippen molar-refractivity contribution in [3.05, 3.63) is 89.8 Å². The minimum atomic E-state index is -0.662. The second-order valence-corrected chi connectivity index (χ2v) is 10.1. The smallest absolute Gasteiger partial charge is 0.373 e. The Bertz CT molecular complexity index is 1380. The molecule has 2 heterocycles. The first-order chi connectivity index (χ1) is 17.2. The van der Waals surface area contributed by atoms with Crippen LogP contribution in [0.4, 0.5) is 4.79 Å². The molecule has 186 valence electrons. The van der Waals surface area contributed by atoms with Gasteiger partial charge in [-0.05, 0) is 48.0 Å². The van der Waals surface area contributed by atoms with Crippen molar-refractivity contribution >= 4 is 79.0 Å². The van der Waals surface area contributed by atoms with E-state index >= 15 is 0 Å². The van der Waals surface area contributed by atoms with E-state index in [4.69, 9.17) is 32.4 Å². The van der Waals surface area contributed by atoms with Crippen molar-refractivity contribution in [2.45, 2.75) is 13.2 Å². The fraction of sp³-hybridized carbons (Fsp3) is 0.125. The lowest BCUT2D eigenvalue weighted by molar-refractivity contribution is -0.123. The van der Waals surface area contributed by atoms with E-state index in [0.717, 1.165) is 19.4 Å². The Hall–Kier alpha value is -2.79. The van der Waals surface area contributed by atoms with Gasteiger partial charge in [0.25, 0.3) is 5.91 Å². The molecule has 0 spiro atoms. The van der Waals surface area contributed by atoms with E-state index in [1.54, 1.807) is 12.1 Å². The Morgan fingerprint density at radius 2 is 1.83 bits per heavy atom. The number of amides is 3. The van der Waals surface area contributed by atoms with Crippen LogP contribution in [0.5, 0.6) is 5.75 Å². The maximum Gasteiger partial charge on any atom is 0.373 e. The van der Waals surface area contributed by atoms with E-state index in [2.05, 4.69) is 41.9 Å². The SMILES string of the molecule is COC(=O)c1ccc(CN2C(=O)N/C(=C\c3cc(Cl)c(OCc4ccc(Br)cc4Br)c(Cl)c3)C2=O)o1. The zero-order chi connectivity index (χ0) is 26.0. The van der Waals surface area contributed by atoms with Crippen molar-refractivity contribution in [3.63, 3.8) is 0 Å². The van der Waals surface area contributed by atoms with Crippen molar-refractivity contribution in [2.24, 2.45) is 0 Å². The number of urea groups is 1. The van der Waals surface area contributed by atoms with Gasteiger partial charge >= 0.3 is 12.0 Å². The van der Waals surface area contributed by atoms with Crippen LogP contribution in [0.3, 0.4) is 0 Å². The molecule has 0 aliphatic carbocycles. The van der Waals surface area contributed by atoms with Crippen LogP contribution in [0.2, 0.25) is 10.0 Å². The van der Waals surface area contributed by atoms with Crippen LogP contribution in [-0.2, 0) is 22.7 Å². The number of halogens is 4. The van der Waals surface area contributed by atoms with E-state index in [9.17, 15) is 14.4 Å². The van der Waals surface area contributed by atoms with Gasteiger partial charge in [0.15, 0.2) is 5.75 Å². The van der Waals surface area contributed by atoms with Crippen LogP contribution in [0.25, 0.3) is 6.08 Å². The van der Waals surface area contributed by atoms with Gasteiger partial charge < -0.3 is 19.2 Å². The highest BCUT2D eigenvalue weighted by Crippen LogP contribution is 2.36. The molecule has 2 aromatic carbocycles. The number of nitrogens with one attached hydrogen (secondary N) is 1. The van der Waals surface area contributed by atoms with Gasteiger partial charge in [-0.15, -0.1) is 0 Å². The zero-order valence-electron chi connectivity index (χ0n) is 18.4. The molecule has 1 aromatic heterocycles. The van der Waals surface area contributed by atoms with Crippen molar-refractivity contribution in [3.8, 4) is 5.75 Å². The summed E-state index contributed by atoms with van der Waals surface area (Å²) in [5.41, 5.74) is 1.41. The number of hydrogen-bond donors (Lipinski definition) is 1. The van der Waals surface area contributed by atoms with E-state index in [1.165, 1.54) is 25.3 Å². The average molecular weight is 659 g/mol. The molecule has 3 aromatic rings. The quantitative estimate of drug-likeness (QED) is 0.175. The lowest BCUT2D eigenvalue weighted by atomic mass is 10.1. The summed E-state index contributed by atoms with van der Waals surface area (Å²) in [6, 6.07) is 11.1. The number of hydrogen-bond acceptors (Lipinski definition) is 6. The number of imide groups is 1. The van der Waals surface area contributed by atoms with Gasteiger partial charge in [0, 0.05) is 14.5 Å². The lowest BCUT2D eigenvalue weighted by Gasteiger charge is -2.12. The first-order valence-corrected chi connectivity index (χ1v) is 12.6. The molecule has 1 N–H and O–H groups in total. The summed E-state index contributed by atoms with van der Waals surface area (Å²) in [6.45, 7) is 0.0562. The predicted octanol–water partition coefficient (Wildman–Crippen LogP) is 6.57. The van der Waals surface area contributed by atoms with Crippen LogP contribution in [0.15, 0.2) is 61.5 Å². The van der Waals surface area contributed by atoms with Gasteiger partial charge in [-0.3, -0.25) is 9.69 Å². The maximum absolute atomic E-state index is 12.8. The maximum atomic E-state index is 12.8. The molecule has 3 amide bonds. The number of benzene rings is 2. The Morgan fingerprint density at radius 1 is 1.11 bits per heavy atom. The molecule has 0 saturated carbocycles. The Labute approximate surface area is 232 Å². The fourth-order valence-corrected chi connectivity index (χ4v) is 5.07. The van der Waals surface area contributed by atoms with Gasteiger partial charge in [-0.1, -0.05) is 61.1 Å². The molecule has 1 aliphatic heterocycles. The lowest BCUT2D eigenvalue weighted by Crippen LogP contribution is -2.30. The summed E-state index contributed by atoms with van der Waals surface area (Å²) in [4.78, 5) is 37.7. The predicted molar refractivity (Wildman–Crippen MR) is 140 cm³/mol. The molecule has 0 bridgehead atoms. The molecule has 1 aliphatic rings. The number of nitrogens with zero attached hydrogens (tertiary/aromatic N) is 1. The normalized spacial score (nSPS) is 14.4. The fourth-order valence-electron chi connectivity index (χ4n) is 3.30. The van der Waals surface area contributed by atoms with Crippen molar-refractivity contribution < 1.29 is 28.3 Å². The molecule has 1 fully saturated rings. The molecule has 4 rings (SSSR count). The van der Waals surface area contributed by atoms with Crippen molar-refractivity contribution in [1.82, 2.24) is 10.2 Å². The summed E-state index contributed by atoms with van der Waals surface area (Å²) in [7, 11) is 1.22.